The molecule has 2 aliphatic rings. The molecule has 0 saturated carbocycles. The van der Waals surface area contributed by atoms with Crippen LogP contribution in [0.1, 0.15) is 37.2 Å². The fraction of sp³-hybridized carbons (Fsp3) is 0.412. The number of benzene rings is 1. The van der Waals surface area contributed by atoms with Gasteiger partial charge in [-0.25, -0.2) is 0 Å². The highest BCUT2D eigenvalue weighted by molar-refractivity contribution is 6.12. The zero-order valence-corrected chi connectivity index (χ0v) is 11.6. The molecule has 2 atom stereocenters. The molecule has 0 heterocycles. The third-order valence-corrected chi connectivity index (χ3v) is 4.41. The van der Waals surface area contributed by atoms with Gasteiger partial charge in [0.2, 0.25) is 0 Å². The minimum absolute atomic E-state index is 0.0135. The molecule has 0 aromatic heterocycles. The number of hydrogen-bond donors (Lipinski definition) is 0. The zero-order chi connectivity index (χ0) is 14.1. The summed E-state index contributed by atoms with van der Waals surface area (Å²) in [7, 11) is 1.36. The van der Waals surface area contributed by atoms with Gasteiger partial charge in [0.15, 0.2) is 5.78 Å². The lowest BCUT2D eigenvalue weighted by atomic mass is 9.82. The van der Waals surface area contributed by atoms with Crippen LogP contribution in [0.3, 0.4) is 0 Å². The molecule has 0 N–H and O–H groups in total. The summed E-state index contributed by atoms with van der Waals surface area (Å²) in [4.78, 5) is 24.6. The van der Waals surface area contributed by atoms with Crippen molar-refractivity contribution in [3.63, 3.8) is 0 Å². The molecule has 0 spiro atoms. The van der Waals surface area contributed by atoms with Gasteiger partial charge in [0, 0.05) is 5.92 Å². The summed E-state index contributed by atoms with van der Waals surface area (Å²) < 4.78 is 4.88. The maximum atomic E-state index is 12.6. The van der Waals surface area contributed by atoms with E-state index in [-0.39, 0.29) is 11.7 Å². The van der Waals surface area contributed by atoms with Crippen LogP contribution in [0, 0.1) is 5.92 Å². The molecule has 20 heavy (non-hydrogen) atoms. The summed E-state index contributed by atoms with van der Waals surface area (Å²) in [6.07, 6.45) is 3.88. The van der Waals surface area contributed by atoms with E-state index >= 15 is 0 Å². The third-order valence-electron chi connectivity index (χ3n) is 4.41. The van der Waals surface area contributed by atoms with Gasteiger partial charge in [-0.2, -0.15) is 0 Å². The number of esters is 1. The van der Waals surface area contributed by atoms with E-state index in [0.717, 1.165) is 36.8 Å². The topological polar surface area (TPSA) is 43.4 Å². The first-order chi connectivity index (χ1) is 9.74. The number of ether oxygens (including phenoxy) is 1. The van der Waals surface area contributed by atoms with E-state index in [1.54, 1.807) is 0 Å². The van der Waals surface area contributed by atoms with Crippen LogP contribution in [-0.4, -0.2) is 18.9 Å². The van der Waals surface area contributed by atoms with Gasteiger partial charge in [0.1, 0.15) is 5.92 Å². The van der Waals surface area contributed by atoms with Gasteiger partial charge in [0.25, 0.3) is 0 Å². The SMILES string of the molecule is COC(=O)[C@@H]1C(=O)C2=C(CCCC2)[C@H]1c1ccccc1. The number of hydrogen-bond acceptors (Lipinski definition) is 3. The molecule has 1 aromatic carbocycles. The molecule has 0 bridgehead atoms. The Hall–Kier alpha value is -1.90. The van der Waals surface area contributed by atoms with Crippen molar-refractivity contribution in [1.82, 2.24) is 0 Å². The predicted molar refractivity (Wildman–Crippen MR) is 75.2 cm³/mol. The van der Waals surface area contributed by atoms with Crippen molar-refractivity contribution < 1.29 is 14.3 Å². The second-order valence-electron chi connectivity index (χ2n) is 5.46. The van der Waals surface area contributed by atoms with Crippen molar-refractivity contribution in [2.75, 3.05) is 7.11 Å². The second kappa shape index (κ2) is 5.23. The summed E-state index contributed by atoms with van der Waals surface area (Å²) in [6, 6.07) is 9.85. The Morgan fingerprint density at radius 2 is 1.85 bits per heavy atom. The first-order valence-electron chi connectivity index (χ1n) is 7.13. The standard InChI is InChI=1S/C17H18O3/c1-20-17(19)15-14(11-7-3-2-4-8-11)12-9-5-6-10-13(12)16(15)18/h2-4,7-8,14-15H,5-6,9-10H2,1H3/t14-,15+/m1/s1. The molecule has 0 aliphatic heterocycles. The summed E-state index contributed by atoms with van der Waals surface area (Å²) in [5, 5.41) is 0. The molecule has 0 amide bonds. The van der Waals surface area contributed by atoms with E-state index in [4.69, 9.17) is 4.74 Å². The largest absolute Gasteiger partial charge is 0.468 e. The Labute approximate surface area is 118 Å². The van der Waals surface area contributed by atoms with Crippen LogP contribution in [0.15, 0.2) is 41.5 Å². The minimum Gasteiger partial charge on any atom is -0.468 e. The Balaban J connectivity index is 2.08. The molecule has 0 radical (unpaired) electrons. The van der Waals surface area contributed by atoms with E-state index in [1.807, 2.05) is 30.3 Å². The van der Waals surface area contributed by atoms with E-state index < -0.39 is 11.9 Å². The molecular formula is C17H18O3. The second-order valence-corrected chi connectivity index (χ2v) is 5.46. The van der Waals surface area contributed by atoms with Gasteiger partial charge in [-0.3, -0.25) is 9.59 Å². The maximum absolute atomic E-state index is 12.6. The van der Waals surface area contributed by atoms with Crippen molar-refractivity contribution in [3.8, 4) is 0 Å². The fourth-order valence-corrected chi connectivity index (χ4v) is 3.52. The van der Waals surface area contributed by atoms with Gasteiger partial charge in [-0.05, 0) is 36.8 Å². The van der Waals surface area contributed by atoms with Crippen LogP contribution in [0.4, 0.5) is 0 Å². The van der Waals surface area contributed by atoms with E-state index in [2.05, 4.69) is 0 Å². The van der Waals surface area contributed by atoms with Crippen molar-refractivity contribution >= 4 is 11.8 Å². The van der Waals surface area contributed by atoms with Gasteiger partial charge >= 0.3 is 5.97 Å². The average Bonchev–Trinajstić information content (AvgIpc) is 2.81. The Kier molecular flexibility index (Phi) is 3.43. The van der Waals surface area contributed by atoms with Gasteiger partial charge in [0.05, 0.1) is 7.11 Å². The number of ketones is 1. The number of methoxy groups -OCH3 is 1. The monoisotopic (exact) mass is 270 g/mol. The fourth-order valence-electron chi connectivity index (χ4n) is 3.52. The summed E-state index contributed by atoms with van der Waals surface area (Å²) in [5.41, 5.74) is 3.10. The lowest BCUT2D eigenvalue weighted by Crippen LogP contribution is -2.27. The van der Waals surface area contributed by atoms with Crippen molar-refractivity contribution in [2.24, 2.45) is 5.92 Å². The number of carbonyl (C=O) groups is 2. The van der Waals surface area contributed by atoms with E-state index in [0.29, 0.717) is 0 Å². The average molecular weight is 270 g/mol. The minimum atomic E-state index is -0.675. The smallest absolute Gasteiger partial charge is 0.317 e. The van der Waals surface area contributed by atoms with Crippen LogP contribution in [0.5, 0.6) is 0 Å². The Morgan fingerprint density at radius 1 is 1.15 bits per heavy atom. The number of rotatable bonds is 2. The van der Waals surface area contributed by atoms with Gasteiger partial charge in [-0.15, -0.1) is 0 Å². The number of allylic oxidation sites excluding steroid dienone is 2. The highest BCUT2D eigenvalue weighted by Crippen LogP contribution is 2.47. The molecule has 3 heteroatoms. The van der Waals surface area contributed by atoms with Crippen LogP contribution in [0.2, 0.25) is 0 Å². The molecular weight excluding hydrogens is 252 g/mol. The van der Waals surface area contributed by atoms with Crippen molar-refractivity contribution in [2.45, 2.75) is 31.6 Å². The van der Waals surface area contributed by atoms with Crippen LogP contribution in [-0.2, 0) is 14.3 Å². The number of carbonyl (C=O) groups excluding carboxylic acids is 2. The Morgan fingerprint density at radius 3 is 2.55 bits per heavy atom. The molecule has 0 unspecified atom stereocenters. The lowest BCUT2D eigenvalue weighted by Gasteiger charge is -2.21. The quantitative estimate of drug-likeness (QED) is 0.613. The normalized spacial score (nSPS) is 25.6. The summed E-state index contributed by atoms with van der Waals surface area (Å²) in [5.74, 6) is -1.21. The third kappa shape index (κ3) is 1.98. The molecule has 2 aliphatic carbocycles. The van der Waals surface area contributed by atoms with Gasteiger partial charge in [-0.1, -0.05) is 35.9 Å². The van der Waals surface area contributed by atoms with Crippen LogP contribution >= 0.6 is 0 Å². The molecule has 0 saturated heterocycles. The number of Topliss-reactive ketones (excluding diaryl/α,β-unsaturated/α-hetero) is 1. The van der Waals surface area contributed by atoms with Gasteiger partial charge < -0.3 is 4.74 Å². The zero-order valence-electron chi connectivity index (χ0n) is 11.6. The highest BCUT2D eigenvalue weighted by Gasteiger charge is 2.47. The van der Waals surface area contributed by atoms with Crippen LogP contribution in [0.25, 0.3) is 0 Å². The first kappa shape index (κ1) is 13.1. The molecule has 3 nitrogen and oxygen atoms in total. The lowest BCUT2D eigenvalue weighted by molar-refractivity contribution is -0.148. The predicted octanol–water partition coefficient (Wildman–Crippen LogP) is 3.01. The van der Waals surface area contributed by atoms with Crippen molar-refractivity contribution in [3.05, 3.63) is 47.0 Å². The van der Waals surface area contributed by atoms with Crippen LogP contribution < -0.4 is 0 Å². The molecule has 0 fully saturated rings. The molecule has 1 aromatic rings. The van der Waals surface area contributed by atoms with E-state index in [1.165, 1.54) is 12.7 Å². The first-order valence-corrected chi connectivity index (χ1v) is 7.13. The van der Waals surface area contributed by atoms with E-state index in [9.17, 15) is 9.59 Å². The summed E-state index contributed by atoms with van der Waals surface area (Å²) >= 11 is 0. The summed E-state index contributed by atoms with van der Waals surface area (Å²) in [6.45, 7) is 0. The van der Waals surface area contributed by atoms with Crippen molar-refractivity contribution in [1.29, 1.82) is 0 Å². The molecule has 104 valence electrons. The molecule has 3 rings (SSSR count). The Bertz CT molecular complexity index is 571. The highest BCUT2D eigenvalue weighted by atomic mass is 16.5. The maximum Gasteiger partial charge on any atom is 0.317 e.